The molecule has 0 bridgehead atoms. The lowest BCUT2D eigenvalue weighted by Crippen LogP contribution is -2.07. The molecule has 0 saturated carbocycles. The number of carbonyl (C=O) groups is 2. The molecular formula is C16H14N4O6S2. The van der Waals surface area contributed by atoms with Crippen molar-refractivity contribution in [3.8, 4) is 0 Å². The molecule has 0 radical (unpaired) electrons. The average molecular weight is 422 g/mol. The highest BCUT2D eigenvalue weighted by Crippen LogP contribution is 2.33. The molecule has 0 atom stereocenters. The Morgan fingerprint density at radius 2 is 1.96 bits per heavy atom. The zero-order valence-corrected chi connectivity index (χ0v) is 16.4. The van der Waals surface area contributed by atoms with Gasteiger partial charge in [0.1, 0.15) is 20.4 Å². The molecule has 0 fully saturated rings. The molecule has 0 aliphatic heterocycles. The Morgan fingerprint density at radius 3 is 2.61 bits per heavy atom. The van der Waals surface area contributed by atoms with E-state index in [0.717, 1.165) is 11.3 Å². The van der Waals surface area contributed by atoms with E-state index >= 15 is 0 Å². The largest absolute Gasteiger partial charge is 0.462 e. The van der Waals surface area contributed by atoms with Gasteiger partial charge in [0.25, 0.3) is 0 Å². The van der Waals surface area contributed by atoms with Crippen molar-refractivity contribution in [2.24, 2.45) is 0 Å². The molecule has 0 aliphatic carbocycles. The molecule has 0 aliphatic rings. The lowest BCUT2D eigenvalue weighted by molar-refractivity contribution is -0.380. The normalized spacial score (nSPS) is 10.8. The Hall–Kier alpha value is -3.12. The third kappa shape index (κ3) is 3.77. The van der Waals surface area contributed by atoms with E-state index in [1.54, 1.807) is 13.8 Å². The lowest BCUT2D eigenvalue weighted by atomic mass is 10.2. The Labute approximate surface area is 166 Å². The van der Waals surface area contributed by atoms with Gasteiger partial charge in [-0.05, 0) is 25.5 Å². The second kappa shape index (κ2) is 7.86. The lowest BCUT2D eigenvalue weighted by Gasteiger charge is -2.04. The molecule has 3 aromatic rings. The van der Waals surface area contributed by atoms with Gasteiger partial charge in [-0.1, -0.05) is 11.3 Å². The zero-order chi connectivity index (χ0) is 20.4. The summed E-state index contributed by atoms with van der Waals surface area (Å²) in [7, 11) is 0. The molecule has 0 aromatic carbocycles. The van der Waals surface area contributed by atoms with E-state index in [0.29, 0.717) is 32.0 Å². The second-order valence-corrected chi connectivity index (χ2v) is 7.51. The van der Waals surface area contributed by atoms with Crippen LogP contribution in [0, 0.1) is 17.0 Å². The minimum Gasteiger partial charge on any atom is -0.462 e. The maximum Gasteiger partial charge on any atom is 0.348 e. The number of thiophene rings is 2. The van der Waals surface area contributed by atoms with Crippen LogP contribution >= 0.6 is 22.7 Å². The van der Waals surface area contributed by atoms with E-state index in [1.165, 1.54) is 12.1 Å². The molecular weight excluding hydrogens is 408 g/mol. The molecule has 0 spiro atoms. The molecule has 28 heavy (non-hydrogen) atoms. The summed E-state index contributed by atoms with van der Waals surface area (Å²) in [5.74, 6) is -0.877. The first-order valence-electron chi connectivity index (χ1n) is 7.95. The van der Waals surface area contributed by atoms with Crippen LogP contribution in [-0.2, 0) is 16.1 Å². The summed E-state index contributed by atoms with van der Waals surface area (Å²) in [6.07, 6.45) is 0. The summed E-state index contributed by atoms with van der Waals surface area (Å²) in [5.41, 5.74) is 6.62. The number of nitrogens with zero attached hydrogens (tertiary/aromatic N) is 3. The van der Waals surface area contributed by atoms with Gasteiger partial charge in [0.2, 0.25) is 0 Å². The van der Waals surface area contributed by atoms with Gasteiger partial charge in [0.15, 0.2) is 12.4 Å². The predicted octanol–water partition coefficient (Wildman–Crippen LogP) is 3.09. The van der Waals surface area contributed by atoms with Gasteiger partial charge in [-0.3, -0.25) is 10.1 Å². The van der Waals surface area contributed by atoms with Gasteiger partial charge in [0.05, 0.1) is 16.9 Å². The molecule has 0 unspecified atom stereocenters. The Morgan fingerprint density at radius 1 is 1.21 bits per heavy atom. The summed E-state index contributed by atoms with van der Waals surface area (Å²) in [6, 6.07) is 2.55. The Kier molecular flexibility index (Phi) is 5.51. The van der Waals surface area contributed by atoms with Crippen molar-refractivity contribution in [3.63, 3.8) is 0 Å². The number of aromatic nitrogens is 2. The number of anilines is 1. The van der Waals surface area contributed by atoms with Crippen LogP contribution < -0.4 is 5.73 Å². The number of hydrogen-bond acceptors (Lipinski definition) is 11. The fourth-order valence-corrected chi connectivity index (χ4v) is 4.22. The quantitative estimate of drug-likeness (QED) is 0.359. The number of rotatable bonds is 6. The summed E-state index contributed by atoms with van der Waals surface area (Å²) in [5, 5.41) is 11.1. The van der Waals surface area contributed by atoms with Gasteiger partial charge < -0.3 is 15.2 Å². The number of hydrogen-bond donors (Lipinski definition) is 1. The highest BCUT2D eigenvalue weighted by Gasteiger charge is 2.21. The molecule has 2 N–H and O–H groups in total. The van der Waals surface area contributed by atoms with Crippen molar-refractivity contribution in [3.05, 3.63) is 43.4 Å². The van der Waals surface area contributed by atoms with Crippen LogP contribution in [0.2, 0.25) is 0 Å². The second-order valence-electron chi connectivity index (χ2n) is 5.45. The Bertz CT molecular complexity index is 1090. The fraction of sp³-hybridized carbons (Fsp3) is 0.250. The average Bonchev–Trinajstić information content (AvgIpc) is 3.25. The molecule has 0 amide bonds. The van der Waals surface area contributed by atoms with Crippen LogP contribution in [0.3, 0.4) is 0 Å². The van der Waals surface area contributed by atoms with E-state index in [4.69, 9.17) is 15.2 Å². The number of nitro groups is 1. The van der Waals surface area contributed by atoms with Gasteiger partial charge in [0, 0.05) is 6.07 Å². The van der Waals surface area contributed by atoms with Crippen LogP contribution in [0.1, 0.15) is 37.7 Å². The van der Waals surface area contributed by atoms with Crippen LogP contribution in [0.25, 0.3) is 10.2 Å². The first-order valence-corrected chi connectivity index (χ1v) is 9.59. The van der Waals surface area contributed by atoms with Gasteiger partial charge in [-0.15, -0.1) is 11.3 Å². The van der Waals surface area contributed by atoms with Crippen molar-refractivity contribution in [2.45, 2.75) is 20.5 Å². The number of carbonyl (C=O) groups excluding carboxylic acids is 2. The fourth-order valence-electron chi connectivity index (χ4n) is 2.41. The third-order valence-corrected chi connectivity index (χ3v) is 5.81. The minimum absolute atomic E-state index is 0.0947. The number of fused-ring (bicyclic) bond motifs is 1. The molecule has 10 nitrogen and oxygen atoms in total. The van der Waals surface area contributed by atoms with Crippen molar-refractivity contribution in [2.75, 3.05) is 12.3 Å². The summed E-state index contributed by atoms with van der Waals surface area (Å²) in [4.78, 5) is 43.6. The molecule has 3 heterocycles. The van der Waals surface area contributed by atoms with E-state index in [1.807, 2.05) is 0 Å². The summed E-state index contributed by atoms with van der Waals surface area (Å²) < 4.78 is 10.1. The number of esters is 2. The zero-order valence-electron chi connectivity index (χ0n) is 14.8. The van der Waals surface area contributed by atoms with Crippen LogP contribution in [0.4, 0.5) is 10.8 Å². The van der Waals surface area contributed by atoms with Crippen molar-refractivity contribution < 1.29 is 24.0 Å². The summed E-state index contributed by atoms with van der Waals surface area (Å²) >= 11 is 1.83. The maximum absolute atomic E-state index is 12.0. The minimum atomic E-state index is -0.727. The molecule has 12 heteroatoms. The number of aryl methyl sites for hydroxylation is 1. The van der Waals surface area contributed by atoms with Gasteiger partial charge in [-0.2, -0.15) is 0 Å². The van der Waals surface area contributed by atoms with Crippen LogP contribution in [0.15, 0.2) is 12.1 Å². The van der Waals surface area contributed by atoms with E-state index in [9.17, 15) is 19.7 Å². The molecule has 146 valence electrons. The molecule has 0 saturated heterocycles. The topological polar surface area (TPSA) is 148 Å². The van der Waals surface area contributed by atoms with Crippen LogP contribution in [0.5, 0.6) is 0 Å². The Balaban J connectivity index is 1.80. The highest BCUT2D eigenvalue weighted by atomic mass is 32.1. The highest BCUT2D eigenvalue weighted by molar-refractivity contribution is 7.20. The monoisotopic (exact) mass is 422 g/mol. The number of ether oxygens (including phenoxy) is 2. The smallest absolute Gasteiger partial charge is 0.348 e. The molecule has 3 aromatic heterocycles. The number of nitrogens with two attached hydrogens (primary N) is 1. The van der Waals surface area contributed by atoms with E-state index < -0.39 is 16.9 Å². The predicted molar refractivity (Wildman–Crippen MR) is 103 cm³/mol. The van der Waals surface area contributed by atoms with E-state index in [-0.39, 0.29) is 34.7 Å². The standard InChI is InChI=1S/C16H14N4O6S2/c1-3-25-16(22)12-7(2)11-13(17)18-9(19-14(11)28-12)6-26-15(21)8-4-5-10(27-8)20(23)24/h4-5H,3,6H2,1-2H3,(H2,17,18,19). The third-order valence-electron chi connectivity index (χ3n) is 3.63. The summed E-state index contributed by atoms with van der Waals surface area (Å²) in [6.45, 7) is 3.42. The van der Waals surface area contributed by atoms with Crippen molar-refractivity contribution in [1.82, 2.24) is 9.97 Å². The van der Waals surface area contributed by atoms with Gasteiger partial charge >= 0.3 is 16.9 Å². The van der Waals surface area contributed by atoms with Gasteiger partial charge in [-0.25, -0.2) is 19.6 Å². The van der Waals surface area contributed by atoms with Crippen molar-refractivity contribution >= 4 is 55.6 Å². The number of nitrogen functional groups attached to an aromatic ring is 1. The molecule has 3 rings (SSSR count). The first kappa shape index (κ1) is 19.6. The van der Waals surface area contributed by atoms with Crippen molar-refractivity contribution in [1.29, 1.82) is 0 Å². The first-order chi connectivity index (χ1) is 13.3. The SMILES string of the molecule is CCOC(=O)c1sc2nc(COC(=O)c3ccc([N+](=O)[O-])s3)nc(N)c2c1C. The van der Waals surface area contributed by atoms with E-state index in [2.05, 4.69) is 9.97 Å². The maximum atomic E-state index is 12.0. The van der Waals surface area contributed by atoms with Crippen LogP contribution in [-0.4, -0.2) is 33.4 Å².